The van der Waals surface area contributed by atoms with E-state index < -0.39 is 0 Å². The molecule has 0 N–H and O–H groups in total. The summed E-state index contributed by atoms with van der Waals surface area (Å²) in [7, 11) is 0. The minimum absolute atomic E-state index is 0. The normalized spacial score (nSPS) is 15.1. The van der Waals surface area contributed by atoms with Crippen molar-refractivity contribution in [3.63, 3.8) is 0 Å². The number of Topliss-reactive ketones (excluding diaryl/α,β-unsaturated/α-hetero) is 1. The quantitative estimate of drug-likeness (QED) is 0.534. The summed E-state index contributed by atoms with van der Waals surface area (Å²) in [4.78, 5) is 11.5. The molecule has 0 saturated heterocycles. The summed E-state index contributed by atoms with van der Waals surface area (Å²) in [6.45, 7) is 5.78. The predicted octanol–water partition coefficient (Wildman–Crippen LogP) is 5.21. The van der Waals surface area contributed by atoms with Crippen LogP contribution in [0.3, 0.4) is 0 Å². The monoisotopic (exact) mass is 360 g/mol. The molecule has 1 aromatic rings. The average Bonchev–Trinajstić information content (AvgIpc) is 3.20. The standard InChI is InChI=1S/C12H11.C10H13O.Fe/c1-2-6-11(7-3-1)10-12-8-4-5-9-12;1-10(2,3)9(11)8-6-4-5-7-8;/h1-4,6-8H,5,10H2;4,6H,5H2,1-3H3;/q2*-1;+2. The van der Waals surface area contributed by atoms with Gasteiger partial charge in [-0.1, -0.05) is 57.5 Å². The van der Waals surface area contributed by atoms with Crippen LogP contribution < -0.4 is 0 Å². The van der Waals surface area contributed by atoms with Crippen LogP contribution >= 0.6 is 0 Å². The maximum Gasteiger partial charge on any atom is 2.00 e. The number of hydrogen-bond acceptors (Lipinski definition) is 1. The van der Waals surface area contributed by atoms with E-state index in [9.17, 15) is 4.79 Å². The van der Waals surface area contributed by atoms with Gasteiger partial charge in [-0.25, -0.2) is 11.6 Å². The molecule has 0 radical (unpaired) electrons. The van der Waals surface area contributed by atoms with Gasteiger partial charge in [-0.05, 0) is 17.4 Å². The first-order valence-electron chi connectivity index (χ1n) is 8.09. The Kier molecular flexibility index (Phi) is 8.18. The number of carbonyl (C=O) groups excluding carboxylic acids is 1. The summed E-state index contributed by atoms with van der Waals surface area (Å²) in [5.41, 5.74) is 3.17. The van der Waals surface area contributed by atoms with E-state index in [-0.39, 0.29) is 28.3 Å². The fourth-order valence-corrected chi connectivity index (χ4v) is 2.35. The topological polar surface area (TPSA) is 17.1 Å². The average molecular weight is 360 g/mol. The zero-order chi connectivity index (χ0) is 16.7. The van der Waals surface area contributed by atoms with Crippen LogP contribution in [0, 0.1) is 17.6 Å². The van der Waals surface area contributed by atoms with E-state index >= 15 is 0 Å². The maximum absolute atomic E-state index is 11.5. The van der Waals surface area contributed by atoms with Gasteiger partial charge in [0.2, 0.25) is 0 Å². The largest absolute Gasteiger partial charge is 2.00 e. The molecular weight excluding hydrogens is 336 g/mol. The number of ketones is 1. The minimum atomic E-state index is -0.267. The van der Waals surface area contributed by atoms with E-state index in [1.807, 2.05) is 39.0 Å². The Labute approximate surface area is 156 Å². The van der Waals surface area contributed by atoms with Gasteiger partial charge < -0.3 is 4.79 Å². The third kappa shape index (κ3) is 6.47. The van der Waals surface area contributed by atoms with Crippen molar-refractivity contribution in [3.8, 4) is 0 Å². The Morgan fingerprint density at radius 2 is 1.62 bits per heavy atom. The molecule has 0 unspecified atom stereocenters. The molecule has 126 valence electrons. The van der Waals surface area contributed by atoms with Gasteiger partial charge in [0.25, 0.3) is 0 Å². The van der Waals surface area contributed by atoms with Crippen molar-refractivity contribution in [2.24, 2.45) is 5.41 Å². The molecule has 0 atom stereocenters. The smallest absolute Gasteiger partial charge is 0.370 e. The second kappa shape index (κ2) is 9.61. The molecule has 0 spiro atoms. The first kappa shape index (κ1) is 20.4. The van der Waals surface area contributed by atoms with E-state index in [1.165, 1.54) is 11.1 Å². The van der Waals surface area contributed by atoms with Crippen molar-refractivity contribution in [2.45, 2.75) is 40.0 Å². The van der Waals surface area contributed by atoms with Crippen LogP contribution in [-0.4, -0.2) is 5.78 Å². The van der Waals surface area contributed by atoms with Crippen molar-refractivity contribution in [2.75, 3.05) is 0 Å². The third-order valence-corrected chi connectivity index (χ3v) is 3.62. The first-order valence-corrected chi connectivity index (χ1v) is 8.09. The second-order valence-corrected chi connectivity index (χ2v) is 6.75. The van der Waals surface area contributed by atoms with Crippen LogP contribution in [-0.2, 0) is 28.3 Å². The molecular formula is C22H24FeO. The van der Waals surface area contributed by atoms with Crippen molar-refractivity contribution < 1.29 is 21.9 Å². The van der Waals surface area contributed by atoms with Crippen molar-refractivity contribution in [3.05, 3.63) is 83.5 Å². The molecule has 0 bridgehead atoms. The van der Waals surface area contributed by atoms with Gasteiger partial charge in [-0.3, -0.25) is 6.08 Å². The van der Waals surface area contributed by atoms with Gasteiger partial charge in [0.05, 0.1) is 5.78 Å². The molecule has 2 heteroatoms. The molecule has 0 amide bonds. The summed E-state index contributed by atoms with van der Waals surface area (Å²) >= 11 is 0. The number of benzene rings is 1. The maximum atomic E-state index is 11.5. The molecule has 0 fully saturated rings. The fourth-order valence-electron chi connectivity index (χ4n) is 2.35. The fraction of sp³-hybridized carbons (Fsp3) is 0.318. The molecule has 2 aliphatic rings. The molecule has 1 aromatic carbocycles. The Hall–Kier alpha value is -1.63. The van der Waals surface area contributed by atoms with Crippen LogP contribution in [0.15, 0.2) is 65.8 Å². The zero-order valence-corrected chi connectivity index (χ0v) is 15.7. The minimum Gasteiger partial charge on any atom is -0.370 e. The van der Waals surface area contributed by atoms with E-state index in [2.05, 4.69) is 48.6 Å². The Morgan fingerprint density at radius 3 is 2.12 bits per heavy atom. The van der Waals surface area contributed by atoms with Gasteiger partial charge in [-0.15, -0.1) is 12.5 Å². The third-order valence-electron chi connectivity index (χ3n) is 3.62. The van der Waals surface area contributed by atoms with Crippen molar-refractivity contribution >= 4 is 5.78 Å². The molecule has 1 nitrogen and oxygen atoms in total. The Balaban J connectivity index is 0.000000232. The molecule has 3 rings (SSSR count). The van der Waals surface area contributed by atoms with Crippen molar-refractivity contribution in [1.82, 2.24) is 0 Å². The summed E-state index contributed by atoms with van der Waals surface area (Å²) < 4.78 is 0. The molecule has 0 heterocycles. The number of hydrogen-bond donors (Lipinski definition) is 0. The van der Waals surface area contributed by atoms with Crippen LogP contribution in [0.2, 0.25) is 0 Å². The van der Waals surface area contributed by atoms with Crippen LogP contribution in [0.1, 0.15) is 39.2 Å². The van der Waals surface area contributed by atoms with E-state index in [0.717, 1.165) is 24.8 Å². The molecule has 0 saturated carbocycles. The van der Waals surface area contributed by atoms with Crippen LogP contribution in [0.4, 0.5) is 0 Å². The van der Waals surface area contributed by atoms with Crippen LogP contribution in [0.5, 0.6) is 0 Å². The predicted molar refractivity (Wildman–Crippen MR) is 95.6 cm³/mol. The van der Waals surface area contributed by atoms with E-state index in [0.29, 0.717) is 0 Å². The number of carbonyl (C=O) groups is 1. The summed E-state index contributed by atoms with van der Waals surface area (Å²) in [6, 6.07) is 10.5. The molecule has 0 aliphatic heterocycles. The van der Waals surface area contributed by atoms with Crippen molar-refractivity contribution in [1.29, 1.82) is 0 Å². The van der Waals surface area contributed by atoms with Gasteiger partial charge in [0, 0.05) is 0 Å². The molecule has 2 aliphatic carbocycles. The molecule has 0 aromatic heterocycles. The zero-order valence-electron chi connectivity index (χ0n) is 14.6. The van der Waals surface area contributed by atoms with Gasteiger partial charge >= 0.3 is 17.1 Å². The van der Waals surface area contributed by atoms with Crippen LogP contribution in [0.25, 0.3) is 0 Å². The molecule has 24 heavy (non-hydrogen) atoms. The van der Waals surface area contributed by atoms with Gasteiger partial charge in [-0.2, -0.15) is 23.8 Å². The first-order chi connectivity index (χ1) is 11.0. The van der Waals surface area contributed by atoms with E-state index in [1.54, 1.807) is 0 Å². The summed E-state index contributed by atoms with van der Waals surface area (Å²) in [6.07, 6.45) is 17.3. The second-order valence-electron chi connectivity index (χ2n) is 6.75. The SMILES string of the molecule is CC(C)(C)C(=O)C1=[C-]CC=C1.[C-]1=C(Cc2ccccc2)C=CC1.[Fe+2]. The Morgan fingerprint density at radius 1 is 1.00 bits per heavy atom. The van der Waals surface area contributed by atoms with Gasteiger partial charge in [0.15, 0.2) is 0 Å². The number of allylic oxidation sites excluding steroid dienone is 8. The summed E-state index contributed by atoms with van der Waals surface area (Å²) in [5.74, 6) is 0.186. The Bertz CT molecular complexity index is 655. The number of rotatable bonds is 3. The van der Waals surface area contributed by atoms with Gasteiger partial charge in [0.1, 0.15) is 0 Å². The summed E-state index contributed by atoms with van der Waals surface area (Å²) in [5, 5.41) is 0. The van der Waals surface area contributed by atoms with E-state index in [4.69, 9.17) is 0 Å².